The largest absolute Gasteiger partial charge is 0.492 e. The van der Waals surface area contributed by atoms with Gasteiger partial charge in [-0.25, -0.2) is 0 Å². The van der Waals surface area contributed by atoms with Crippen molar-refractivity contribution in [3.05, 3.63) is 24.3 Å². The zero-order valence-electron chi connectivity index (χ0n) is 17.7. The third kappa shape index (κ3) is 12.0. The number of para-hydroxylation sites is 2. The number of carbonyl (C=O) groups excluding carboxylic acids is 1. The molecule has 5 heteroatoms. The van der Waals surface area contributed by atoms with Gasteiger partial charge >= 0.3 is 0 Å². The topological polar surface area (TPSA) is 50.4 Å². The van der Waals surface area contributed by atoms with Crippen LogP contribution in [0.4, 0.5) is 5.69 Å². The minimum absolute atomic E-state index is 0.0256. The van der Waals surface area contributed by atoms with Gasteiger partial charge in [0.25, 0.3) is 0 Å². The standard InChI is InChI=1S/C23H38N2O2S/c1-3-5-6-7-8-9-10-11-12-13-14-19-22(26)25-23(28)24-20-17-15-16-18-21(20)27-4-2/h15-18H,3-14,19H2,1-2H3,(H2,24,25,26,28). The average molecular weight is 407 g/mol. The Balaban J connectivity index is 2.07. The number of benzene rings is 1. The minimum Gasteiger partial charge on any atom is -0.492 e. The second kappa shape index (κ2) is 16.3. The van der Waals surface area contributed by atoms with Crippen LogP contribution in [0.5, 0.6) is 5.75 Å². The fraction of sp³-hybridized carbons (Fsp3) is 0.652. The maximum absolute atomic E-state index is 12.0. The van der Waals surface area contributed by atoms with Crippen molar-refractivity contribution in [2.75, 3.05) is 11.9 Å². The van der Waals surface area contributed by atoms with Gasteiger partial charge in [0, 0.05) is 6.42 Å². The van der Waals surface area contributed by atoms with Gasteiger partial charge in [0.05, 0.1) is 12.3 Å². The van der Waals surface area contributed by atoms with Crippen molar-refractivity contribution in [1.29, 1.82) is 0 Å². The van der Waals surface area contributed by atoms with E-state index < -0.39 is 0 Å². The molecule has 158 valence electrons. The van der Waals surface area contributed by atoms with Crippen LogP contribution in [0.25, 0.3) is 0 Å². The molecule has 1 amide bonds. The summed E-state index contributed by atoms with van der Waals surface area (Å²) in [6.45, 7) is 4.77. The smallest absolute Gasteiger partial charge is 0.226 e. The number of ether oxygens (including phenoxy) is 1. The fourth-order valence-electron chi connectivity index (χ4n) is 3.14. The van der Waals surface area contributed by atoms with Crippen LogP contribution in [0, 0.1) is 0 Å². The predicted octanol–water partition coefficient (Wildman–Crippen LogP) is 6.60. The maximum atomic E-state index is 12.0. The highest BCUT2D eigenvalue weighted by atomic mass is 32.1. The Bertz CT molecular complexity index is 563. The van der Waals surface area contributed by atoms with Gasteiger partial charge in [0.15, 0.2) is 5.11 Å². The summed E-state index contributed by atoms with van der Waals surface area (Å²) >= 11 is 5.24. The number of unbranched alkanes of at least 4 members (excludes halogenated alkanes) is 10. The predicted molar refractivity (Wildman–Crippen MR) is 123 cm³/mol. The molecule has 0 bridgehead atoms. The van der Waals surface area contributed by atoms with Crippen LogP contribution in [-0.4, -0.2) is 17.6 Å². The number of carbonyl (C=O) groups is 1. The molecule has 0 spiro atoms. The van der Waals surface area contributed by atoms with Gasteiger partial charge in [-0.2, -0.15) is 0 Å². The first-order chi connectivity index (χ1) is 13.7. The fourth-order valence-corrected chi connectivity index (χ4v) is 3.37. The van der Waals surface area contributed by atoms with Gasteiger partial charge in [-0.15, -0.1) is 0 Å². The first-order valence-electron chi connectivity index (χ1n) is 11.0. The molecule has 0 unspecified atom stereocenters. The zero-order chi connectivity index (χ0) is 20.5. The number of amides is 1. The van der Waals surface area contributed by atoms with Crippen molar-refractivity contribution < 1.29 is 9.53 Å². The van der Waals surface area contributed by atoms with Crippen LogP contribution in [0.15, 0.2) is 24.3 Å². The molecule has 0 saturated carbocycles. The van der Waals surface area contributed by atoms with E-state index >= 15 is 0 Å². The van der Waals surface area contributed by atoms with E-state index in [1.54, 1.807) is 0 Å². The lowest BCUT2D eigenvalue weighted by atomic mass is 10.1. The van der Waals surface area contributed by atoms with Crippen LogP contribution >= 0.6 is 12.2 Å². The molecule has 0 aliphatic heterocycles. The number of rotatable bonds is 15. The van der Waals surface area contributed by atoms with Crippen molar-refractivity contribution in [3.8, 4) is 5.75 Å². The number of hydrogen-bond donors (Lipinski definition) is 2. The first-order valence-corrected chi connectivity index (χ1v) is 11.4. The quantitative estimate of drug-likeness (QED) is 0.254. The van der Waals surface area contributed by atoms with E-state index in [9.17, 15) is 4.79 Å². The Morgan fingerprint density at radius 2 is 1.46 bits per heavy atom. The molecule has 1 rings (SSSR count). The summed E-state index contributed by atoms with van der Waals surface area (Å²) < 4.78 is 5.55. The van der Waals surface area contributed by atoms with E-state index in [0.29, 0.717) is 18.1 Å². The summed E-state index contributed by atoms with van der Waals surface area (Å²) in [5.74, 6) is 0.703. The molecule has 0 aliphatic carbocycles. The highest BCUT2D eigenvalue weighted by molar-refractivity contribution is 7.80. The Kier molecular flexibility index (Phi) is 14.3. The van der Waals surface area contributed by atoms with Crippen LogP contribution in [-0.2, 0) is 4.79 Å². The molecule has 28 heavy (non-hydrogen) atoms. The first kappa shape index (κ1) is 24.4. The maximum Gasteiger partial charge on any atom is 0.226 e. The number of anilines is 1. The minimum atomic E-state index is -0.0256. The van der Waals surface area contributed by atoms with Gasteiger partial charge in [-0.3, -0.25) is 4.79 Å². The summed E-state index contributed by atoms with van der Waals surface area (Å²) in [6, 6.07) is 7.57. The molecule has 1 aromatic carbocycles. The van der Waals surface area contributed by atoms with E-state index in [0.717, 1.165) is 24.3 Å². The summed E-state index contributed by atoms with van der Waals surface area (Å²) in [4.78, 5) is 12.0. The van der Waals surface area contributed by atoms with E-state index in [-0.39, 0.29) is 5.91 Å². The molecule has 0 atom stereocenters. The Morgan fingerprint density at radius 3 is 2.07 bits per heavy atom. The van der Waals surface area contributed by atoms with Gasteiger partial charge in [-0.1, -0.05) is 83.3 Å². The SMILES string of the molecule is CCCCCCCCCCCCCC(=O)NC(=S)Nc1ccccc1OCC. The summed E-state index contributed by atoms with van der Waals surface area (Å²) in [5.41, 5.74) is 0.768. The Morgan fingerprint density at radius 1 is 0.893 bits per heavy atom. The number of thiocarbonyl (C=S) groups is 1. The third-order valence-corrected chi connectivity index (χ3v) is 4.90. The van der Waals surface area contributed by atoms with Crippen molar-refractivity contribution in [3.63, 3.8) is 0 Å². The van der Waals surface area contributed by atoms with E-state index in [1.165, 1.54) is 57.8 Å². The molecule has 1 aromatic rings. The van der Waals surface area contributed by atoms with Crippen LogP contribution in [0.1, 0.15) is 90.9 Å². The molecule has 4 nitrogen and oxygen atoms in total. The lowest BCUT2D eigenvalue weighted by Crippen LogP contribution is -2.34. The van der Waals surface area contributed by atoms with Gasteiger partial charge < -0.3 is 15.4 Å². The van der Waals surface area contributed by atoms with Crippen molar-refractivity contribution >= 4 is 28.9 Å². The monoisotopic (exact) mass is 406 g/mol. The van der Waals surface area contributed by atoms with Crippen molar-refractivity contribution in [2.24, 2.45) is 0 Å². The van der Waals surface area contributed by atoms with Crippen LogP contribution in [0.2, 0.25) is 0 Å². The molecule has 2 N–H and O–H groups in total. The second-order valence-electron chi connectivity index (χ2n) is 7.22. The highest BCUT2D eigenvalue weighted by Crippen LogP contribution is 2.23. The number of nitrogens with one attached hydrogen (secondary N) is 2. The zero-order valence-corrected chi connectivity index (χ0v) is 18.5. The van der Waals surface area contributed by atoms with Crippen LogP contribution < -0.4 is 15.4 Å². The van der Waals surface area contributed by atoms with Gasteiger partial charge in [0.1, 0.15) is 5.75 Å². The van der Waals surface area contributed by atoms with Gasteiger partial charge in [0.2, 0.25) is 5.91 Å². The molecule has 0 saturated heterocycles. The van der Waals surface area contributed by atoms with Crippen molar-refractivity contribution in [1.82, 2.24) is 5.32 Å². The lowest BCUT2D eigenvalue weighted by Gasteiger charge is -2.13. The number of hydrogen-bond acceptors (Lipinski definition) is 3. The molecule has 0 fully saturated rings. The molecule has 0 heterocycles. The molecule has 0 aromatic heterocycles. The van der Waals surface area contributed by atoms with Gasteiger partial charge in [-0.05, 0) is 37.7 Å². The molecular weight excluding hydrogens is 368 g/mol. The Labute approximate surface area is 176 Å². The Hall–Kier alpha value is -1.62. The van der Waals surface area contributed by atoms with E-state index in [2.05, 4.69) is 17.6 Å². The van der Waals surface area contributed by atoms with E-state index in [1.807, 2.05) is 31.2 Å². The van der Waals surface area contributed by atoms with E-state index in [4.69, 9.17) is 17.0 Å². The summed E-state index contributed by atoms with van der Waals surface area (Å²) in [7, 11) is 0. The second-order valence-corrected chi connectivity index (χ2v) is 7.63. The van der Waals surface area contributed by atoms with Crippen molar-refractivity contribution in [2.45, 2.75) is 90.9 Å². The normalized spacial score (nSPS) is 10.5. The third-order valence-electron chi connectivity index (χ3n) is 4.70. The average Bonchev–Trinajstić information content (AvgIpc) is 2.67. The van der Waals surface area contributed by atoms with Crippen LogP contribution in [0.3, 0.4) is 0 Å². The molecule has 0 radical (unpaired) electrons. The highest BCUT2D eigenvalue weighted by Gasteiger charge is 2.07. The lowest BCUT2D eigenvalue weighted by molar-refractivity contribution is -0.119. The molecule has 0 aliphatic rings. The summed E-state index contributed by atoms with van der Waals surface area (Å²) in [5, 5.41) is 6.12. The summed E-state index contributed by atoms with van der Waals surface area (Å²) in [6.07, 6.45) is 14.6. The molecular formula is C23H38N2O2S.